The van der Waals surface area contributed by atoms with Gasteiger partial charge in [0.25, 0.3) is 5.91 Å². The predicted octanol–water partition coefficient (Wildman–Crippen LogP) is 2.11. The summed E-state index contributed by atoms with van der Waals surface area (Å²) in [6, 6.07) is 9.59. The molecule has 0 aliphatic carbocycles. The molecule has 21 heavy (non-hydrogen) atoms. The zero-order valence-corrected chi connectivity index (χ0v) is 11.8. The van der Waals surface area contributed by atoms with Gasteiger partial charge in [0.2, 0.25) is 0 Å². The minimum Gasteiger partial charge on any atom is -0.395 e. The molecule has 0 atom stereocenters. The Balaban J connectivity index is 1.92. The van der Waals surface area contributed by atoms with E-state index in [1.165, 1.54) is 4.68 Å². The van der Waals surface area contributed by atoms with Crippen LogP contribution in [0.3, 0.4) is 0 Å². The predicted molar refractivity (Wildman–Crippen MR) is 82.1 cm³/mol. The van der Waals surface area contributed by atoms with Crippen LogP contribution >= 0.6 is 0 Å². The molecule has 0 aliphatic heterocycles. The van der Waals surface area contributed by atoms with Crippen LogP contribution in [-0.4, -0.2) is 20.7 Å². The number of para-hydroxylation sites is 1. The Labute approximate surface area is 121 Å². The number of nitrogen functional groups attached to an aromatic ring is 1. The first-order chi connectivity index (χ1) is 10.1. The molecule has 3 rings (SSSR count). The lowest BCUT2D eigenvalue weighted by molar-refractivity contribution is 0.101. The molecular formula is C15H15N5O. The van der Waals surface area contributed by atoms with Gasteiger partial charge >= 0.3 is 0 Å². The highest BCUT2D eigenvalue weighted by Crippen LogP contribution is 2.19. The molecule has 6 nitrogen and oxygen atoms in total. The fraction of sp³-hybridized carbons (Fsp3) is 0.133. The molecule has 0 aliphatic rings. The maximum Gasteiger partial charge on any atom is 0.276 e. The monoisotopic (exact) mass is 281 g/mol. The van der Waals surface area contributed by atoms with Gasteiger partial charge in [-0.15, -0.1) is 0 Å². The zero-order valence-electron chi connectivity index (χ0n) is 11.8. The second-order valence-corrected chi connectivity index (χ2v) is 4.84. The van der Waals surface area contributed by atoms with E-state index in [1.54, 1.807) is 20.2 Å². The summed E-state index contributed by atoms with van der Waals surface area (Å²) in [4.78, 5) is 16.6. The molecule has 106 valence electrons. The fourth-order valence-corrected chi connectivity index (χ4v) is 2.27. The number of carbonyl (C=O) groups excluding carboxylic acids is 1. The van der Waals surface area contributed by atoms with Gasteiger partial charge in [-0.2, -0.15) is 5.10 Å². The van der Waals surface area contributed by atoms with Gasteiger partial charge in [0.05, 0.1) is 28.8 Å². The van der Waals surface area contributed by atoms with Crippen molar-refractivity contribution in [2.45, 2.75) is 6.92 Å². The van der Waals surface area contributed by atoms with Crippen molar-refractivity contribution in [3.63, 3.8) is 0 Å². The molecule has 0 radical (unpaired) electrons. The maximum absolute atomic E-state index is 12.3. The number of hydrogen-bond donors (Lipinski definition) is 2. The van der Waals surface area contributed by atoms with Crippen LogP contribution < -0.4 is 11.1 Å². The van der Waals surface area contributed by atoms with Crippen LogP contribution in [0, 0.1) is 6.92 Å². The number of aryl methyl sites for hydroxylation is 2. The lowest BCUT2D eigenvalue weighted by Crippen LogP contribution is -2.17. The number of carbonyl (C=O) groups is 1. The summed E-state index contributed by atoms with van der Waals surface area (Å²) in [5, 5.41) is 7.90. The minimum absolute atomic E-state index is 0.298. The SMILES string of the molecule is Cc1nn(C)c(C(=O)Nc2cnc3ccccc3c2)c1N. The molecule has 3 aromatic rings. The Hall–Kier alpha value is -2.89. The van der Waals surface area contributed by atoms with Crippen LogP contribution in [0.1, 0.15) is 16.2 Å². The van der Waals surface area contributed by atoms with E-state index in [9.17, 15) is 4.79 Å². The van der Waals surface area contributed by atoms with Crippen LogP contribution in [0.25, 0.3) is 10.9 Å². The summed E-state index contributed by atoms with van der Waals surface area (Å²) in [5.74, 6) is -0.298. The zero-order chi connectivity index (χ0) is 15.0. The summed E-state index contributed by atoms with van der Waals surface area (Å²) >= 11 is 0. The standard InChI is InChI=1S/C15H15N5O/c1-9-13(16)14(20(2)19-9)15(21)18-11-7-10-5-3-4-6-12(10)17-8-11/h3-8H,16H2,1-2H3,(H,18,21). The topological polar surface area (TPSA) is 85.8 Å². The number of nitrogens with zero attached hydrogens (tertiary/aromatic N) is 3. The van der Waals surface area contributed by atoms with Gasteiger partial charge in [-0.1, -0.05) is 18.2 Å². The number of hydrogen-bond acceptors (Lipinski definition) is 4. The molecule has 1 aromatic carbocycles. The Kier molecular flexibility index (Phi) is 3.06. The van der Waals surface area contributed by atoms with E-state index in [-0.39, 0.29) is 5.91 Å². The number of nitrogens with two attached hydrogens (primary N) is 1. The second-order valence-electron chi connectivity index (χ2n) is 4.84. The van der Waals surface area contributed by atoms with Crippen LogP contribution in [0.4, 0.5) is 11.4 Å². The first-order valence-electron chi connectivity index (χ1n) is 6.51. The minimum atomic E-state index is -0.298. The summed E-state index contributed by atoms with van der Waals surface area (Å²) in [7, 11) is 1.69. The molecule has 2 heterocycles. The third-order valence-electron chi connectivity index (χ3n) is 3.33. The van der Waals surface area contributed by atoms with Crippen molar-refractivity contribution >= 4 is 28.2 Å². The molecule has 0 bridgehead atoms. The second kappa shape index (κ2) is 4.90. The van der Waals surface area contributed by atoms with Crippen molar-refractivity contribution in [3.05, 3.63) is 47.9 Å². The highest BCUT2D eigenvalue weighted by atomic mass is 16.2. The largest absolute Gasteiger partial charge is 0.395 e. The fourth-order valence-electron chi connectivity index (χ4n) is 2.27. The van der Waals surface area contributed by atoms with Gasteiger partial charge in [-0.3, -0.25) is 14.5 Å². The van der Waals surface area contributed by atoms with E-state index in [2.05, 4.69) is 15.4 Å². The van der Waals surface area contributed by atoms with E-state index in [1.807, 2.05) is 30.3 Å². The van der Waals surface area contributed by atoms with E-state index in [0.717, 1.165) is 10.9 Å². The number of benzene rings is 1. The van der Waals surface area contributed by atoms with Crippen LogP contribution in [0.2, 0.25) is 0 Å². The molecule has 0 unspecified atom stereocenters. The van der Waals surface area contributed by atoms with E-state index >= 15 is 0 Å². The van der Waals surface area contributed by atoms with Crippen LogP contribution in [-0.2, 0) is 7.05 Å². The summed E-state index contributed by atoms with van der Waals surface area (Å²) in [6.07, 6.45) is 1.62. The summed E-state index contributed by atoms with van der Waals surface area (Å²) in [6.45, 7) is 1.77. The molecule has 0 spiro atoms. The van der Waals surface area contributed by atoms with Crippen molar-refractivity contribution in [2.75, 3.05) is 11.1 Å². The number of nitrogens with one attached hydrogen (secondary N) is 1. The Morgan fingerprint density at radius 1 is 1.33 bits per heavy atom. The number of amides is 1. The summed E-state index contributed by atoms with van der Waals surface area (Å²) in [5.41, 5.74) is 8.77. The quantitative estimate of drug-likeness (QED) is 0.753. The van der Waals surface area contributed by atoms with Crippen LogP contribution in [0.15, 0.2) is 36.5 Å². The van der Waals surface area contributed by atoms with Gasteiger partial charge in [-0.25, -0.2) is 0 Å². The Morgan fingerprint density at radius 2 is 2.10 bits per heavy atom. The van der Waals surface area contributed by atoms with E-state index in [4.69, 9.17) is 5.73 Å². The maximum atomic E-state index is 12.3. The van der Waals surface area contributed by atoms with Gasteiger partial charge in [0.15, 0.2) is 0 Å². The lowest BCUT2D eigenvalue weighted by atomic mass is 10.2. The highest BCUT2D eigenvalue weighted by Gasteiger charge is 2.18. The van der Waals surface area contributed by atoms with Gasteiger partial charge in [0, 0.05) is 12.4 Å². The number of anilines is 2. The first kappa shape index (κ1) is 13.1. The summed E-state index contributed by atoms with van der Waals surface area (Å²) < 4.78 is 1.48. The molecule has 2 aromatic heterocycles. The Morgan fingerprint density at radius 3 is 2.81 bits per heavy atom. The number of aromatic nitrogens is 3. The molecule has 0 fully saturated rings. The van der Waals surface area contributed by atoms with Crippen LogP contribution in [0.5, 0.6) is 0 Å². The number of rotatable bonds is 2. The van der Waals surface area contributed by atoms with Crippen molar-refractivity contribution in [2.24, 2.45) is 7.05 Å². The first-order valence-corrected chi connectivity index (χ1v) is 6.51. The third-order valence-corrected chi connectivity index (χ3v) is 3.33. The number of fused-ring (bicyclic) bond motifs is 1. The van der Waals surface area contributed by atoms with E-state index in [0.29, 0.717) is 22.8 Å². The van der Waals surface area contributed by atoms with Crippen molar-refractivity contribution in [1.82, 2.24) is 14.8 Å². The van der Waals surface area contributed by atoms with E-state index < -0.39 is 0 Å². The third kappa shape index (κ3) is 2.31. The molecule has 3 N–H and O–H groups in total. The van der Waals surface area contributed by atoms with Crippen molar-refractivity contribution < 1.29 is 4.79 Å². The molecule has 1 amide bonds. The molecule has 0 saturated heterocycles. The highest BCUT2D eigenvalue weighted by molar-refractivity contribution is 6.07. The molecule has 0 saturated carbocycles. The van der Waals surface area contributed by atoms with Gasteiger partial charge in [-0.05, 0) is 19.1 Å². The average Bonchev–Trinajstić information content (AvgIpc) is 2.72. The average molecular weight is 281 g/mol. The Bertz CT molecular complexity index is 837. The van der Waals surface area contributed by atoms with Crippen molar-refractivity contribution in [3.8, 4) is 0 Å². The normalized spacial score (nSPS) is 10.8. The lowest BCUT2D eigenvalue weighted by Gasteiger charge is -2.07. The molecule has 6 heteroatoms. The smallest absolute Gasteiger partial charge is 0.276 e. The van der Waals surface area contributed by atoms with Gasteiger partial charge in [0.1, 0.15) is 5.69 Å². The van der Waals surface area contributed by atoms with Gasteiger partial charge < -0.3 is 11.1 Å². The number of pyridine rings is 1. The van der Waals surface area contributed by atoms with Crippen molar-refractivity contribution in [1.29, 1.82) is 0 Å². The molecular weight excluding hydrogens is 266 g/mol.